The number of ether oxygens (including phenoxy) is 2. The van der Waals surface area contributed by atoms with Crippen LogP contribution in [-0.2, 0) is 0 Å². The van der Waals surface area contributed by atoms with Crippen molar-refractivity contribution in [3.05, 3.63) is 22.2 Å². The molecule has 0 radical (unpaired) electrons. The van der Waals surface area contributed by atoms with Crippen molar-refractivity contribution in [1.82, 2.24) is 10.2 Å². The van der Waals surface area contributed by atoms with Crippen LogP contribution in [0.3, 0.4) is 0 Å². The Morgan fingerprint density at radius 2 is 1.68 bits per heavy atom. The highest BCUT2D eigenvalue weighted by molar-refractivity contribution is 9.10. The number of rotatable bonds is 5. The normalized spacial score (nSPS) is 16.4. The number of benzene rings is 1. The lowest BCUT2D eigenvalue weighted by atomic mass is 9.99. The lowest BCUT2D eigenvalue weighted by Gasteiger charge is -2.36. The van der Waals surface area contributed by atoms with Gasteiger partial charge in [-0.05, 0) is 28.1 Å². The molecule has 1 aromatic rings. The summed E-state index contributed by atoms with van der Waals surface area (Å²) in [5.74, 6) is 0.911. The van der Waals surface area contributed by atoms with Gasteiger partial charge in [0.05, 0.1) is 25.1 Å². The molecule has 1 atom stereocenters. The molecule has 146 valence electrons. The van der Waals surface area contributed by atoms with Gasteiger partial charge in [0.25, 0.3) is 0 Å². The van der Waals surface area contributed by atoms with Gasteiger partial charge in [-0.2, -0.15) is 13.2 Å². The first-order valence-electron chi connectivity index (χ1n) is 7.28. The van der Waals surface area contributed by atoms with Crippen molar-refractivity contribution < 1.29 is 22.6 Å². The van der Waals surface area contributed by atoms with Crippen LogP contribution in [0.1, 0.15) is 18.0 Å². The van der Waals surface area contributed by atoms with Crippen molar-refractivity contribution in [1.29, 1.82) is 0 Å². The van der Waals surface area contributed by atoms with E-state index in [9.17, 15) is 13.2 Å². The van der Waals surface area contributed by atoms with Crippen molar-refractivity contribution >= 4 is 40.7 Å². The molecule has 1 N–H and O–H groups in total. The van der Waals surface area contributed by atoms with Gasteiger partial charge in [-0.3, -0.25) is 4.90 Å². The summed E-state index contributed by atoms with van der Waals surface area (Å²) in [6, 6.07) is 2.48. The first kappa shape index (κ1) is 24.6. The van der Waals surface area contributed by atoms with Gasteiger partial charge in [0.1, 0.15) is 11.5 Å². The fourth-order valence-corrected chi connectivity index (χ4v) is 3.28. The summed E-state index contributed by atoms with van der Waals surface area (Å²) >= 11 is 3.34. The molecule has 1 aliphatic rings. The van der Waals surface area contributed by atoms with E-state index in [0.29, 0.717) is 47.7 Å². The van der Waals surface area contributed by atoms with E-state index in [1.807, 2.05) is 4.90 Å². The van der Waals surface area contributed by atoms with Gasteiger partial charge in [-0.25, -0.2) is 0 Å². The van der Waals surface area contributed by atoms with Gasteiger partial charge >= 0.3 is 6.18 Å². The summed E-state index contributed by atoms with van der Waals surface area (Å²) in [7, 11) is 2.94. The fraction of sp³-hybridized carbons (Fsp3) is 0.600. The van der Waals surface area contributed by atoms with E-state index in [1.165, 1.54) is 14.2 Å². The first-order valence-corrected chi connectivity index (χ1v) is 8.08. The van der Waals surface area contributed by atoms with Crippen LogP contribution in [-0.4, -0.2) is 51.5 Å². The fourth-order valence-electron chi connectivity index (χ4n) is 2.79. The highest BCUT2D eigenvalue weighted by Gasteiger charge is 2.37. The van der Waals surface area contributed by atoms with Gasteiger partial charge in [-0.1, -0.05) is 0 Å². The molecule has 1 fully saturated rings. The molecule has 1 saturated heterocycles. The molecule has 1 aromatic carbocycles. The molecule has 0 aromatic heterocycles. The Labute approximate surface area is 166 Å². The molecule has 0 unspecified atom stereocenters. The maximum absolute atomic E-state index is 13.1. The van der Waals surface area contributed by atoms with Crippen LogP contribution < -0.4 is 14.8 Å². The number of methoxy groups -OCH3 is 2. The second kappa shape index (κ2) is 10.7. The van der Waals surface area contributed by atoms with Crippen molar-refractivity contribution in [3.63, 3.8) is 0 Å². The van der Waals surface area contributed by atoms with Gasteiger partial charge < -0.3 is 14.8 Å². The third kappa shape index (κ3) is 6.67. The summed E-state index contributed by atoms with van der Waals surface area (Å²) in [4.78, 5) is 1.84. The molecule has 10 heteroatoms. The largest absolute Gasteiger partial charge is 0.496 e. The van der Waals surface area contributed by atoms with E-state index in [4.69, 9.17) is 9.47 Å². The number of alkyl halides is 3. The van der Waals surface area contributed by atoms with Crippen LogP contribution in [0.15, 0.2) is 16.6 Å². The highest BCUT2D eigenvalue weighted by atomic mass is 79.9. The van der Waals surface area contributed by atoms with E-state index < -0.39 is 18.6 Å². The molecular formula is C15H22BrCl2F3N2O2. The lowest BCUT2D eigenvalue weighted by molar-refractivity contribution is -0.148. The van der Waals surface area contributed by atoms with Gasteiger partial charge in [0, 0.05) is 37.8 Å². The quantitative estimate of drug-likeness (QED) is 0.700. The molecular weight excluding hydrogens is 448 g/mol. The summed E-state index contributed by atoms with van der Waals surface area (Å²) in [5, 5.41) is 3.16. The molecule has 0 amide bonds. The standard InChI is InChI=1S/C15H20BrF3N2O2.2ClH/c1-22-13-8-11(16)14(23-2)7-10(13)12(9-15(17,18)19)21-5-3-20-4-6-21;;/h7-8,12,20H,3-6,9H2,1-2H3;2*1H/t12-;;/m1../s1. The predicted molar refractivity (Wildman–Crippen MR) is 99.6 cm³/mol. The number of hydrogen-bond acceptors (Lipinski definition) is 4. The maximum Gasteiger partial charge on any atom is 0.390 e. The molecule has 0 bridgehead atoms. The van der Waals surface area contributed by atoms with Gasteiger partial charge in [0.15, 0.2) is 0 Å². The average molecular weight is 470 g/mol. The second-order valence-corrected chi connectivity index (χ2v) is 6.20. The van der Waals surface area contributed by atoms with E-state index in [1.54, 1.807) is 12.1 Å². The summed E-state index contributed by atoms with van der Waals surface area (Å²) in [5.41, 5.74) is 0.492. The van der Waals surface area contributed by atoms with Crippen LogP contribution in [0.2, 0.25) is 0 Å². The minimum Gasteiger partial charge on any atom is -0.496 e. The van der Waals surface area contributed by atoms with Crippen molar-refractivity contribution in [2.24, 2.45) is 0 Å². The number of hydrogen-bond donors (Lipinski definition) is 1. The van der Waals surface area contributed by atoms with Gasteiger partial charge in [0.2, 0.25) is 0 Å². The highest BCUT2D eigenvalue weighted by Crippen LogP contribution is 2.42. The number of nitrogens with zero attached hydrogens (tertiary/aromatic N) is 1. The van der Waals surface area contributed by atoms with Crippen molar-refractivity contribution in [2.45, 2.75) is 18.6 Å². The minimum absolute atomic E-state index is 0. The molecule has 0 saturated carbocycles. The molecule has 2 rings (SSSR count). The Bertz CT molecular complexity index is 544. The van der Waals surface area contributed by atoms with Gasteiger partial charge in [-0.15, -0.1) is 24.8 Å². The van der Waals surface area contributed by atoms with Crippen LogP contribution in [0, 0.1) is 0 Å². The predicted octanol–water partition coefficient (Wildman–Crippen LogP) is 4.21. The summed E-state index contributed by atoms with van der Waals surface area (Å²) < 4.78 is 50.6. The molecule has 0 aliphatic carbocycles. The number of nitrogens with one attached hydrogen (secondary N) is 1. The molecule has 25 heavy (non-hydrogen) atoms. The molecule has 1 aliphatic heterocycles. The zero-order valence-corrected chi connectivity index (χ0v) is 17.1. The molecule has 1 heterocycles. The lowest BCUT2D eigenvalue weighted by Crippen LogP contribution is -2.46. The Morgan fingerprint density at radius 3 is 2.16 bits per heavy atom. The molecule has 4 nitrogen and oxygen atoms in total. The zero-order valence-electron chi connectivity index (χ0n) is 13.9. The van der Waals surface area contributed by atoms with E-state index >= 15 is 0 Å². The smallest absolute Gasteiger partial charge is 0.390 e. The topological polar surface area (TPSA) is 33.7 Å². The van der Waals surface area contributed by atoms with Crippen LogP contribution >= 0.6 is 40.7 Å². The van der Waals surface area contributed by atoms with Crippen molar-refractivity contribution in [3.8, 4) is 11.5 Å². The second-order valence-electron chi connectivity index (χ2n) is 5.35. The molecule has 0 spiro atoms. The Morgan fingerprint density at radius 1 is 1.12 bits per heavy atom. The third-order valence-corrected chi connectivity index (χ3v) is 4.50. The minimum atomic E-state index is -4.26. The van der Waals surface area contributed by atoms with Crippen LogP contribution in [0.4, 0.5) is 13.2 Å². The van der Waals surface area contributed by atoms with E-state index in [-0.39, 0.29) is 24.8 Å². The number of piperazine rings is 1. The first-order chi connectivity index (χ1) is 10.9. The summed E-state index contributed by atoms with van der Waals surface area (Å²) in [6.45, 7) is 2.46. The van der Waals surface area contributed by atoms with E-state index in [0.717, 1.165) is 0 Å². The Hall–Kier alpha value is -0.410. The van der Waals surface area contributed by atoms with Crippen LogP contribution in [0.25, 0.3) is 0 Å². The van der Waals surface area contributed by atoms with Crippen LogP contribution in [0.5, 0.6) is 11.5 Å². The zero-order chi connectivity index (χ0) is 17.0. The third-order valence-electron chi connectivity index (χ3n) is 3.88. The Kier molecular flexibility index (Phi) is 10.5. The SMILES string of the molecule is COc1cc([C@@H](CC(F)(F)F)N2CCNCC2)c(OC)cc1Br.Cl.Cl. The number of halogens is 6. The summed E-state index contributed by atoms with van der Waals surface area (Å²) in [6.07, 6.45) is -5.19. The average Bonchev–Trinajstić information content (AvgIpc) is 2.52. The maximum atomic E-state index is 13.1. The monoisotopic (exact) mass is 468 g/mol. The van der Waals surface area contributed by atoms with Crippen molar-refractivity contribution in [2.75, 3.05) is 40.4 Å². The Balaban J connectivity index is 0.00000288. The van der Waals surface area contributed by atoms with E-state index in [2.05, 4.69) is 21.2 Å².